The molecule has 1 aliphatic rings. The summed E-state index contributed by atoms with van der Waals surface area (Å²) in [6.45, 7) is 3.21. The standard InChI is InChI=1S/C9H15N3/c1-7-5-9(12-11-7)6-8-3-2-4-10-8/h5,8,10H,2-4,6H2,1H3,(H,11,12). The largest absolute Gasteiger partial charge is 0.314 e. The third-order valence-corrected chi connectivity index (χ3v) is 2.38. The minimum absolute atomic E-state index is 0.660. The van der Waals surface area contributed by atoms with E-state index in [0.717, 1.165) is 12.1 Å². The summed E-state index contributed by atoms with van der Waals surface area (Å²) in [6, 6.07) is 2.78. The fourth-order valence-electron chi connectivity index (χ4n) is 1.76. The van der Waals surface area contributed by atoms with Crippen molar-refractivity contribution in [2.45, 2.75) is 32.2 Å². The molecule has 1 aromatic heterocycles. The second kappa shape index (κ2) is 3.27. The molecule has 0 aliphatic carbocycles. The molecular formula is C9H15N3. The van der Waals surface area contributed by atoms with Gasteiger partial charge in [-0.25, -0.2) is 0 Å². The Labute approximate surface area is 72.6 Å². The van der Waals surface area contributed by atoms with Gasteiger partial charge in [0.2, 0.25) is 0 Å². The number of aromatic nitrogens is 2. The van der Waals surface area contributed by atoms with E-state index in [1.54, 1.807) is 0 Å². The van der Waals surface area contributed by atoms with Crippen molar-refractivity contribution in [1.29, 1.82) is 0 Å². The summed E-state index contributed by atoms with van der Waals surface area (Å²) < 4.78 is 0. The van der Waals surface area contributed by atoms with Crippen molar-refractivity contribution < 1.29 is 0 Å². The van der Waals surface area contributed by atoms with Crippen LogP contribution in [0.4, 0.5) is 0 Å². The molecule has 3 nitrogen and oxygen atoms in total. The highest BCUT2D eigenvalue weighted by Gasteiger charge is 2.15. The van der Waals surface area contributed by atoms with Gasteiger partial charge in [-0.1, -0.05) is 0 Å². The molecule has 0 aromatic carbocycles. The highest BCUT2D eigenvalue weighted by atomic mass is 15.1. The number of nitrogens with one attached hydrogen (secondary N) is 2. The monoisotopic (exact) mass is 165 g/mol. The molecule has 0 spiro atoms. The Morgan fingerprint density at radius 3 is 3.17 bits per heavy atom. The molecule has 1 saturated heterocycles. The number of rotatable bonds is 2. The van der Waals surface area contributed by atoms with Crippen LogP contribution in [0.15, 0.2) is 6.07 Å². The molecule has 66 valence electrons. The smallest absolute Gasteiger partial charge is 0.0640 e. The average Bonchev–Trinajstić information content (AvgIpc) is 2.63. The minimum atomic E-state index is 0.660. The van der Waals surface area contributed by atoms with Crippen LogP contribution in [0.25, 0.3) is 0 Å². The first-order valence-electron chi connectivity index (χ1n) is 4.59. The molecule has 12 heavy (non-hydrogen) atoms. The van der Waals surface area contributed by atoms with E-state index in [1.807, 2.05) is 6.92 Å². The quantitative estimate of drug-likeness (QED) is 0.686. The molecule has 1 unspecified atom stereocenters. The van der Waals surface area contributed by atoms with Gasteiger partial charge in [0.05, 0.1) is 5.69 Å². The van der Waals surface area contributed by atoms with Crippen molar-refractivity contribution in [3.63, 3.8) is 0 Å². The van der Waals surface area contributed by atoms with Crippen LogP contribution < -0.4 is 5.32 Å². The van der Waals surface area contributed by atoms with Crippen LogP contribution in [0, 0.1) is 6.92 Å². The van der Waals surface area contributed by atoms with Crippen LogP contribution in [-0.2, 0) is 6.42 Å². The summed E-state index contributed by atoms with van der Waals surface area (Å²) in [5, 5.41) is 10.6. The Hall–Kier alpha value is -0.830. The van der Waals surface area contributed by atoms with Crippen LogP contribution in [0.5, 0.6) is 0 Å². The molecule has 0 saturated carbocycles. The second-order valence-corrected chi connectivity index (χ2v) is 3.54. The van der Waals surface area contributed by atoms with Crippen molar-refractivity contribution in [1.82, 2.24) is 15.5 Å². The molecule has 3 heteroatoms. The van der Waals surface area contributed by atoms with E-state index < -0.39 is 0 Å². The predicted octanol–water partition coefficient (Wildman–Crippen LogP) is 1.01. The van der Waals surface area contributed by atoms with Crippen LogP contribution >= 0.6 is 0 Å². The van der Waals surface area contributed by atoms with Gasteiger partial charge in [0.15, 0.2) is 0 Å². The molecule has 1 fully saturated rings. The van der Waals surface area contributed by atoms with E-state index in [1.165, 1.54) is 25.1 Å². The van der Waals surface area contributed by atoms with E-state index >= 15 is 0 Å². The molecule has 1 atom stereocenters. The molecular weight excluding hydrogens is 150 g/mol. The van der Waals surface area contributed by atoms with Crippen molar-refractivity contribution >= 4 is 0 Å². The number of hydrogen-bond acceptors (Lipinski definition) is 2. The zero-order chi connectivity index (χ0) is 8.39. The number of H-pyrrole nitrogens is 1. The van der Waals surface area contributed by atoms with Gasteiger partial charge in [-0.2, -0.15) is 5.10 Å². The Balaban J connectivity index is 1.94. The van der Waals surface area contributed by atoms with Crippen molar-refractivity contribution in [2.24, 2.45) is 0 Å². The van der Waals surface area contributed by atoms with E-state index in [9.17, 15) is 0 Å². The summed E-state index contributed by atoms with van der Waals surface area (Å²) in [4.78, 5) is 0. The Kier molecular flexibility index (Phi) is 2.13. The molecule has 2 rings (SSSR count). The highest BCUT2D eigenvalue weighted by Crippen LogP contribution is 2.10. The summed E-state index contributed by atoms with van der Waals surface area (Å²) in [7, 11) is 0. The van der Waals surface area contributed by atoms with Gasteiger partial charge in [0.25, 0.3) is 0 Å². The summed E-state index contributed by atoms with van der Waals surface area (Å²) in [5.74, 6) is 0. The lowest BCUT2D eigenvalue weighted by Crippen LogP contribution is -2.23. The Morgan fingerprint density at radius 2 is 2.58 bits per heavy atom. The second-order valence-electron chi connectivity index (χ2n) is 3.54. The van der Waals surface area contributed by atoms with Crippen LogP contribution in [-0.4, -0.2) is 22.8 Å². The fraction of sp³-hybridized carbons (Fsp3) is 0.667. The minimum Gasteiger partial charge on any atom is -0.314 e. The maximum atomic E-state index is 4.21. The molecule has 0 amide bonds. The SMILES string of the molecule is Cc1cc(CC2CCCN2)n[nH]1. The van der Waals surface area contributed by atoms with Crippen LogP contribution in [0.3, 0.4) is 0 Å². The first-order chi connectivity index (χ1) is 5.84. The molecule has 2 heterocycles. The van der Waals surface area contributed by atoms with Crippen LogP contribution in [0.2, 0.25) is 0 Å². The average molecular weight is 165 g/mol. The Morgan fingerprint density at radius 1 is 1.67 bits per heavy atom. The maximum absolute atomic E-state index is 4.21. The van der Waals surface area contributed by atoms with Gasteiger partial charge in [-0.05, 0) is 32.4 Å². The summed E-state index contributed by atoms with van der Waals surface area (Å²) in [5.41, 5.74) is 2.34. The zero-order valence-corrected chi connectivity index (χ0v) is 7.43. The summed E-state index contributed by atoms with van der Waals surface area (Å²) in [6.07, 6.45) is 3.68. The van der Waals surface area contributed by atoms with Gasteiger partial charge >= 0.3 is 0 Å². The molecule has 2 N–H and O–H groups in total. The predicted molar refractivity (Wildman–Crippen MR) is 48.1 cm³/mol. The summed E-state index contributed by atoms with van der Waals surface area (Å²) >= 11 is 0. The third kappa shape index (κ3) is 1.67. The van der Waals surface area contributed by atoms with Gasteiger partial charge < -0.3 is 5.32 Å². The number of aryl methyl sites for hydroxylation is 1. The first kappa shape index (κ1) is 7.80. The molecule has 1 aliphatic heterocycles. The highest BCUT2D eigenvalue weighted by molar-refractivity contribution is 5.08. The van der Waals surface area contributed by atoms with E-state index in [4.69, 9.17) is 0 Å². The Bertz CT molecular complexity index is 248. The molecule has 0 bridgehead atoms. The number of nitrogens with zero attached hydrogens (tertiary/aromatic N) is 1. The molecule has 0 radical (unpaired) electrons. The van der Waals surface area contributed by atoms with Gasteiger partial charge in [-0.15, -0.1) is 0 Å². The van der Waals surface area contributed by atoms with Crippen molar-refractivity contribution in [2.75, 3.05) is 6.54 Å². The number of hydrogen-bond donors (Lipinski definition) is 2. The van der Waals surface area contributed by atoms with Crippen molar-refractivity contribution in [3.05, 3.63) is 17.5 Å². The van der Waals surface area contributed by atoms with E-state index in [2.05, 4.69) is 21.6 Å². The fourth-order valence-corrected chi connectivity index (χ4v) is 1.76. The third-order valence-electron chi connectivity index (χ3n) is 2.38. The lowest BCUT2D eigenvalue weighted by Gasteiger charge is -2.05. The van der Waals surface area contributed by atoms with E-state index in [0.29, 0.717) is 6.04 Å². The molecule has 1 aromatic rings. The van der Waals surface area contributed by atoms with Gasteiger partial charge in [0.1, 0.15) is 0 Å². The van der Waals surface area contributed by atoms with Gasteiger partial charge in [0, 0.05) is 18.2 Å². The first-order valence-corrected chi connectivity index (χ1v) is 4.59. The van der Waals surface area contributed by atoms with Crippen LogP contribution in [0.1, 0.15) is 24.2 Å². The van der Waals surface area contributed by atoms with Gasteiger partial charge in [-0.3, -0.25) is 5.10 Å². The number of aromatic amines is 1. The lowest BCUT2D eigenvalue weighted by molar-refractivity contribution is 0.594. The van der Waals surface area contributed by atoms with Crippen molar-refractivity contribution in [3.8, 4) is 0 Å². The maximum Gasteiger partial charge on any atom is 0.0640 e. The topological polar surface area (TPSA) is 40.7 Å². The normalized spacial score (nSPS) is 23.2. The lowest BCUT2D eigenvalue weighted by atomic mass is 10.1. The zero-order valence-electron chi connectivity index (χ0n) is 7.43. The van der Waals surface area contributed by atoms with E-state index in [-0.39, 0.29) is 0 Å².